The number of fused-ring (bicyclic) bond motifs is 4. The summed E-state index contributed by atoms with van der Waals surface area (Å²) < 4.78 is 37.3. The number of allylic oxidation sites excluding steroid dienone is 1. The number of hydrogen-bond acceptors (Lipinski definition) is 9. The number of esters is 2. The molecule has 7 rings (SSSR count). The molecule has 12 atom stereocenters. The number of rotatable bonds is 6. The molecule has 3 aliphatic carbocycles. The lowest BCUT2D eigenvalue weighted by atomic mass is 9.39. The number of furan rings is 1. The smallest absolute Gasteiger partial charge is 0.331 e. The second kappa shape index (κ2) is 11.7. The minimum Gasteiger partial charge on any atom is -0.472 e. The first-order valence-electron chi connectivity index (χ1n) is 16.7. The molecule has 1 N–H and O–H groups in total. The van der Waals surface area contributed by atoms with Gasteiger partial charge < -0.3 is 33.2 Å². The summed E-state index contributed by atoms with van der Waals surface area (Å²) in [5, 5.41) is 12.6. The molecule has 0 unspecified atom stereocenters. The molecule has 4 fully saturated rings. The number of carbonyl (C=O) groups is 2. The molecule has 5 aliphatic rings. The van der Waals surface area contributed by atoms with Crippen LogP contribution in [0.2, 0.25) is 0 Å². The van der Waals surface area contributed by atoms with E-state index in [1.165, 1.54) is 13.0 Å². The van der Waals surface area contributed by atoms with Crippen LogP contribution in [-0.4, -0.2) is 67.6 Å². The molecular weight excluding hydrogens is 600 g/mol. The number of benzene rings is 1. The zero-order valence-electron chi connectivity index (χ0n) is 28.0. The molecule has 1 aromatic heterocycles. The van der Waals surface area contributed by atoms with Crippen LogP contribution >= 0.6 is 0 Å². The second-order valence-corrected chi connectivity index (χ2v) is 14.9. The molecule has 0 bridgehead atoms. The number of methoxy groups -OCH3 is 1. The maximum absolute atomic E-state index is 13.6. The average Bonchev–Trinajstić information content (AvgIpc) is 3.76. The molecule has 47 heavy (non-hydrogen) atoms. The standard InChI is InChI=1S/C38H46O9/c1-21-25(24-14-15-43-19-24)16-26-32(21)38(5)27(17-31(42-6)46-26)37(4)29(47-30(40)13-12-23-10-8-7-9-11-23)18-28(45-22(2)39)36(3)20-44-33(34(36)37)35(38)41/h7-15,19,25-29,31,33-35,41H,16-18,20H2,1-6H3/t25-,26+,27-,28-,29+,31-,33-,34+,35-,36-,37+,38-/m1/s1. The van der Waals surface area contributed by atoms with E-state index >= 15 is 0 Å². The molecule has 9 heteroatoms. The highest BCUT2D eigenvalue weighted by atomic mass is 16.7. The van der Waals surface area contributed by atoms with Crippen molar-refractivity contribution in [2.75, 3.05) is 13.7 Å². The Labute approximate surface area is 276 Å². The lowest BCUT2D eigenvalue weighted by molar-refractivity contribution is -0.259. The fraction of sp³-hybridized carbons (Fsp3) is 0.579. The lowest BCUT2D eigenvalue weighted by Gasteiger charge is -2.66. The van der Waals surface area contributed by atoms with Crippen molar-refractivity contribution in [3.05, 3.63) is 77.3 Å². The lowest BCUT2D eigenvalue weighted by Crippen LogP contribution is -2.71. The van der Waals surface area contributed by atoms with Crippen molar-refractivity contribution >= 4 is 18.0 Å². The van der Waals surface area contributed by atoms with Gasteiger partial charge in [-0.05, 0) is 48.1 Å². The Morgan fingerprint density at radius 3 is 2.47 bits per heavy atom. The molecule has 0 amide bonds. The van der Waals surface area contributed by atoms with Gasteiger partial charge in [0.25, 0.3) is 0 Å². The minimum absolute atomic E-state index is 0.0609. The Kier molecular flexibility index (Phi) is 8.06. The van der Waals surface area contributed by atoms with Crippen molar-refractivity contribution in [3.8, 4) is 0 Å². The van der Waals surface area contributed by atoms with Crippen LogP contribution < -0.4 is 0 Å². The van der Waals surface area contributed by atoms with Crippen LogP contribution in [0.4, 0.5) is 0 Å². The summed E-state index contributed by atoms with van der Waals surface area (Å²) in [6.45, 7) is 10.3. The molecule has 2 aliphatic heterocycles. The molecule has 2 aromatic rings. The maximum atomic E-state index is 13.6. The van der Waals surface area contributed by atoms with Crippen LogP contribution in [0.15, 0.2) is 70.6 Å². The monoisotopic (exact) mass is 646 g/mol. The van der Waals surface area contributed by atoms with E-state index < -0.39 is 58.9 Å². The van der Waals surface area contributed by atoms with Gasteiger partial charge >= 0.3 is 11.9 Å². The van der Waals surface area contributed by atoms with E-state index in [0.717, 1.165) is 22.3 Å². The molecular formula is C38H46O9. The van der Waals surface area contributed by atoms with Crippen molar-refractivity contribution in [2.45, 2.75) is 96.6 Å². The third-order valence-electron chi connectivity index (χ3n) is 12.6. The summed E-state index contributed by atoms with van der Waals surface area (Å²) in [6, 6.07) is 11.6. The third kappa shape index (κ3) is 4.87. The third-order valence-corrected chi connectivity index (χ3v) is 12.6. The maximum Gasteiger partial charge on any atom is 0.331 e. The summed E-state index contributed by atoms with van der Waals surface area (Å²) in [6.07, 6.45) is 4.62. The largest absolute Gasteiger partial charge is 0.472 e. The van der Waals surface area contributed by atoms with Gasteiger partial charge in [-0.1, -0.05) is 56.7 Å². The zero-order chi connectivity index (χ0) is 33.3. The number of ether oxygens (including phenoxy) is 5. The van der Waals surface area contributed by atoms with Crippen LogP contribution in [0.5, 0.6) is 0 Å². The van der Waals surface area contributed by atoms with Crippen LogP contribution in [-0.2, 0) is 33.3 Å². The van der Waals surface area contributed by atoms with Crippen LogP contribution in [0, 0.1) is 28.1 Å². The second-order valence-electron chi connectivity index (χ2n) is 14.9. The predicted molar refractivity (Wildman–Crippen MR) is 172 cm³/mol. The van der Waals surface area contributed by atoms with E-state index in [9.17, 15) is 14.7 Å². The highest BCUT2D eigenvalue weighted by Crippen LogP contribution is 2.72. The Balaban J connectivity index is 1.36. The molecule has 0 spiro atoms. The van der Waals surface area contributed by atoms with Gasteiger partial charge in [0, 0.05) is 61.0 Å². The van der Waals surface area contributed by atoms with Crippen molar-refractivity contribution in [1.82, 2.24) is 0 Å². The summed E-state index contributed by atoms with van der Waals surface area (Å²) in [7, 11) is 1.66. The number of aliphatic hydroxyl groups excluding tert-OH is 1. The van der Waals surface area contributed by atoms with Gasteiger partial charge in [-0.15, -0.1) is 0 Å². The highest BCUT2D eigenvalue weighted by Gasteiger charge is 2.76. The fourth-order valence-corrected chi connectivity index (χ4v) is 10.6. The minimum atomic E-state index is -0.896. The van der Waals surface area contributed by atoms with E-state index in [4.69, 9.17) is 28.1 Å². The van der Waals surface area contributed by atoms with Crippen molar-refractivity contribution in [1.29, 1.82) is 0 Å². The quantitative estimate of drug-likeness (QED) is 0.235. The van der Waals surface area contributed by atoms with E-state index in [2.05, 4.69) is 27.7 Å². The molecule has 3 heterocycles. The van der Waals surface area contributed by atoms with Gasteiger partial charge in [0.2, 0.25) is 0 Å². The summed E-state index contributed by atoms with van der Waals surface area (Å²) in [4.78, 5) is 26.1. The fourth-order valence-electron chi connectivity index (χ4n) is 10.6. The Bertz CT molecular complexity index is 1560. The Morgan fingerprint density at radius 1 is 1.02 bits per heavy atom. The number of aliphatic hydroxyl groups is 1. The van der Waals surface area contributed by atoms with E-state index in [1.807, 2.05) is 36.4 Å². The normalized spacial score (nSPS) is 42.4. The summed E-state index contributed by atoms with van der Waals surface area (Å²) in [5.74, 6) is -1.36. The average molecular weight is 647 g/mol. The van der Waals surface area contributed by atoms with Gasteiger partial charge in [-0.2, -0.15) is 0 Å². The van der Waals surface area contributed by atoms with Gasteiger partial charge in [0.05, 0.1) is 37.4 Å². The summed E-state index contributed by atoms with van der Waals surface area (Å²) in [5.41, 5.74) is 2.02. The molecule has 252 valence electrons. The van der Waals surface area contributed by atoms with Crippen LogP contribution in [0.1, 0.15) is 70.9 Å². The molecule has 0 radical (unpaired) electrons. The SMILES string of the molecule is CO[C@H]1C[C@H]2[C@](C)(C3=C(C)[C@H](c4ccoc4)C[C@@H]3O1)[C@H](O)[C@@H]1OC[C@]3(C)[C@H](OC(C)=O)C[C@H](OC(=O)C=Cc4ccccc4)[C@@]2(C)[C@@H]13. The highest BCUT2D eigenvalue weighted by molar-refractivity contribution is 5.87. The van der Waals surface area contributed by atoms with Crippen molar-refractivity contribution < 1.29 is 42.8 Å². The van der Waals surface area contributed by atoms with Gasteiger partial charge in [0.1, 0.15) is 12.2 Å². The van der Waals surface area contributed by atoms with E-state index in [-0.39, 0.29) is 23.9 Å². The number of hydrogen-bond donors (Lipinski definition) is 1. The first-order valence-corrected chi connectivity index (χ1v) is 16.7. The van der Waals surface area contributed by atoms with Gasteiger partial charge in [-0.3, -0.25) is 4.79 Å². The predicted octanol–water partition coefficient (Wildman–Crippen LogP) is 5.83. The summed E-state index contributed by atoms with van der Waals surface area (Å²) >= 11 is 0. The van der Waals surface area contributed by atoms with Crippen LogP contribution in [0.25, 0.3) is 6.08 Å². The van der Waals surface area contributed by atoms with Gasteiger partial charge in [0.15, 0.2) is 6.29 Å². The Morgan fingerprint density at radius 2 is 1.79 bits per heavy atom. The van der Waals surface area contributed by atoms with Gasteiger partial charge in [-0.25, -0.2) is 4.79 Å². The zero-order valence-corrected chi connectivity index (χ0v) is 28.0. The van der Waals surface area contributed by atoms with Crippen molar-refractivity contribution in [3.63, 3.8) is 0 Å². The van der Waals surface area contributed by atoms with E-state index in [1.54, 1.807) is 25.7 Å². The first-order chi connectivity index (χ1) is 22.4. The first kappa shape index (κ1) is 32.3. The topological polar surface area (TPSA) is 114 Å². The van der Waals surface area contributed by atoms with E-state index in [0.29, 0.717) is 25.9 Å². The molecule has 1 aromatic carbocycles. The molecule has 9 nitrogen and oxygen atoms in total. The number of carbonyl (C=O) groups excluding carboxylic acids is 2. The molecule has 2 saturated carbocycles. The Hall–Kier alpha value is -3.24. The molecule has 2 saturated heterocycles. The van der Waals surface area contributed by atoms with Crippen molar-refractivity contribution in [2.24, 2.45) is 28.1 Å². The van der Waals surface area contributed by atoms with Crippen LogP contribution in [0.3, 0.4) is 0 Å².